The van der Waals surface area contributed by atoms with Gasteiger partial charge in [-0.05, 0) is 19.1 Å². The number of rotatable bonds is 6. The van der Waals surface area contributed by atoms with Crippen LogP contribution >= 0.6 is 0 Å². The van der Waals surface area contributed by atoms with Crippen LogP contribution in [0.3, 0.4) is 0 Å². The summed E-state index contributed by atoms with van der Waals surface area (Å²) in [6, 6.07) is 7.38. The number of aliphatic hydroxyl groups excluding tert-OH is 1. The van der Waals surface area contributed by atoms with E-state index >= 15 is 0 Å². The molecule has 0 aliphatic rings. The SMILES string of the molecule is C[C@@H](CO)NC(=O)CNS(=O)(=O)c1ccccc1. The van der Waals surface area contributed by atoms with Gasteiger partial charge in [-0.2, -0.15) is 0 Å². The number of hydrogen-bond donors (Lipinski definition) is 3. The van der Waals surface area contributed by atoms with Crippen LogP contribution in [0.1, 0.15) is 6.92 Å². The molecule has 1 amide bonds. The van der Waals surface area contributed by atoms with Crippen LogP contribution in [0.15, 0.2) is 35.2 Å². The summed E-state index contributed by atoms with van der Waals surface area (Å²) < 4.78 is 25.7. The van der Waals surface area contributed by atoms with E-state index in [4.69, 9.17) is 5.11 Å². The van der Waals surface area contributed by atoms with Crippen LogP contribution in [0.5, 0.6) is 0 Å². The van der Waals surface area contributed by atoms with Crippen molar-refractivity contribution >= 4 is 15.9 Å². The molecule has 0 saturated heterocycles. The number of amides is 1. The third-order valence-electron chi connectivity index (χ3n) is 2.16. The Bertz CT molecular complexity index is 487. The molecule has 1 aromatic carbocycles. The molecule has 7 heteroatoms. The van der Waals surface area contributed by atoms with Crippen LogP contribution in [0.25, 0.3) is 0 Å². The number of carbonyl (C=O) groups is 1. The first-order chi connectivity index (χ1) is 8.45. The molecule has 0 fully saturated rings. The van der Waals surface area contributed by atoms with E-state index in [1.807, 2.05) is 0 Å². The third kappa shape index (κ3) is 4.44. The predicted molar refractivity (Wildman–Crippen MR) is 66.3 cm³/mol. The Balaban J connectivity index is 2.56. The van der Waals surface area contributed by atoms with Crippen LogP contribution in [0.2, 0.25) is 0 Å². The van der Waals surface area contributed by atoms with Gasteiger partial charge in [0.1, 0.15) is 0 Å². The molecular formula is C11H16N2O4S. The summed E-state index contributed by atoms with van der Waals surface area (Å²) in [4.78, 5) is 11.4. The second kappa shape index (κ2) is 6.48. The van der Waals surface area contributed by atoms with Crippen molar-refractivity contribution in [3.05, 3.63) is 30.3 Å². The molecule has 6 nitrogen and oxygen atoms in total. The van der Waals surface area contributed by atoms with Gasteiger partial charge in [0, 0.05) is 6.04 Å². The zero-order valence-corrected chi connectivity index (χ0v) is 10.8. The molecule has 3 N–H and O–H groups in total. The zero-order valence-electron chi connectivity index (χ0n) is 9.96. The summed E-state index contributed by atoms with van der Waals surface area (Å²) >= 11 is 0. The van der Waals surface area contributed by atoms with Crippen molar-refractivity contribution in [1.82, 2.24) is 10.0 Å². The highest BCUT2D eigenvalue weighted by molar-refractivity contribution is 7.89. The summed E-state index contributed by atoms with van der Waals surface area (Å²) in [5.74, 6) is -0.490. The number of nitrogens with one attached hydrogen (secondary N) is 2. The second-order valence-electron chi connectivity index (χ2n) is 3.79. The number of sulfonamides is 1. The van der Waals surface area contributed by atoms with Crippen molar-refractivity contribution in [3.63, 3.8) is 0 Å². The number of aliphatic hydroxyl groups is 1. The molecule has 100 valence electrons. The van der Waals surface area contributed by atoms with Gasteiger partial charge in [-0.1, -0.05) is 18.2 Å². The van der Waals surface area contributed by atoms with Crippen molar-refractivity contribution < 1.29 is 18.3 Å². The van der Waals surface area contributed by atoms with E-state index in [2.05, 4.69) is 10.0 Å². The molecule has 0 unspecified atom stereocenters. The minimum absolute atomic E-state index is 0.105. The monoisotopic (exact) mass is 272 g/mol. The van der Waals surface area contributed by atoms with Gasteiger partial charge < -0.3 is 10.4 Å². The fourth-order valence-corrected chi connectivity index (χ4v) is 2.22. The van der Waals surface area contributed by atoms with Crippen molar-refractivity contribution in [2.24, 2.45) is 0 Å². The summed E-state index contributed by atoms with van der Waals surface area (Å²) in [7, 11) is -3.67. The molecule has 0 aromatic heterocycles. The minimum atomic E-state index is -3.67. The normalized spacial score (nSPS) is 13.0. The number of hydrogen-bond acceptors (Lipinski definition) is 4. The largest absolute Gasteiger partial charge is 0.394 e. The Morgan fingerprint density at radius 2 is 1.94 bits per heavy atom. The van der Waals surface area contributed by atoms with Gasteiger partial charge >= 0.3 is 0 Å². The van der Waals surface area contributed by atoms with Gasteiger partial charge in [0.15, 0.2) is 0 Å². The smallest absolute Gasteiger partial charge is 0.241 e. The molecule has 0 aliphatic carbocycles. The third-order valence-corrected chi connectivity index (χ3v) is 3.57. The lowest BCUT2D eigenvalue weighted by Gasteiger charge is -2.11. The van der Waals surface area contributed by atoms with Crippen LogP contribution < -0.4 is 10.0 Å². The number of benzene rings is 1. The second-order valence-corrected chi connectivity index (χ2v) is 5.56. The van der Waals surface area contributed by atoms with E-state index < -0.39 is 22.0 Å². The molecule has 1 rings (SSSR count). The molecule has 0 radical (unpaired) electrons. The molecule has 0 bridgehead atoms. The molecule has 1 atom stereocenters. The predicted octanol–water partition coefficient (Wildman–Crippen LogP) is -0.538. The first-order valence-electron chi connectivity index (χ1n) is 5.40. The van der Waals surface area contributed by atoms with E-state index in [0.717, 1.165) is 0 Å². The molecule has 0 saturated carbocycles. The Morgan fingerprint density at radius 3 is 2.50 bits per heavy atom. The van der Waals surface area contributed by atoms with Gasteiger partial charge in [0.2, 0.25) is 15.9 Å². The first-order valence-corrected chi connectivity index (χ1v) is 6.89. The van der Waals surface area contributed by atoms with Crippen LogP contribution in [0, 0.1) is 0 Å². The fourth-order valence-electron chi connectivity index (χ4n) is 1.22. The first kappa shape index (κ1) is 14.6. The van der Waals surface area contributed by atoms with E-state index in [1.54, 1.807) is 25.1 Å². The molecule has 0 heterocycles. The quantitative estimate of drug-likeness (QED) is 0.648. The van der Waals surface area contributed by atoms with Crippen molar-refractivity contribution in [2.45, 2.75) is 17.9 Å². The van der Waals surface area contributed by atoms with E-state index in [1.165, 1.54) is 12.1 Å². The van der Waals surface area contributed by atoms with E-state index in [0.29, 0.717) is 0 Å². The summed E-state index contributed by atoms with van der Waals surface area (Å²) in [5.41, 5.74) is 0. The molecular weight excluding hydrogens is 256 g/mol. The Morgan fingerprint density at radius 1 is 1.33 bits per heavy atom. The lowest BCUT2D eigenvalue weighted by atomic mass is 10.3. The fraction of sp³-hybridized carbons (Fsp3) is 0.364. The zero-order chi connectivity index (χ0) is 13.6. The molecule has 0 aliphatic heterocycles. The minimum Gasteiger partial charge on any atom is -0.394 e. The van der Waals surface area contributed by atoms with Crippen molar-refractivity contribution in [1.29, 1.82) is 0 Å². The van der Waals surface area contributed by atoms with Crippen molar-refractivity contribution in [3.8, 4) is 0 Å². The molecule has 0 spiro atoms. The average molecular weight is 272 g/mol. The molecule has 1 aromatic rings. The summed E-state index contributed by atoms with van der Waals surface area (Å²) in [6.45, 7) is 1.06. The van der Waals surface area contributed by atoms with Crippen LogP contribution in [-0.4, -0.2) is 38.6 Å². The standard InChI is InChI=1S/C11H16N2O4S/c1-9(8-14)13-11(15)7-12-18(16,17)10-5-3-2-4-6-10/h2-6,9,12,14H,7-8H2,1H3,(H,13,15)/t9-/m0/s1. The van der Waals surface area contributed by atoms with Gasteiger partial charge in [-0.15, -0.1) is 0 Å². The highest BCUT2D eigenvalue weighted by Gasteiger charge is 2.15. The maximum atomic E-state index is 11.8. The van der Waals surface area contributed by atoms with Crippen LogP contribution in [-0.2, 0) is 14.8 Å². The summed E-state index contributed by atoms with van der Waals surface area (Å²) in [5, 5.41) is 11.2. The average Bonchev–Trinajstić information content (AvgIpc) is 2.37. The maximum absolute atomic E-state index is 11.8. The number of carbonyl (C=O) groups excluding carboxylic acids is 1. The van der Waals surface area contributed by atoms with Gasteiger partial charge in [-0.25, -0.2) is 13.1 Å². The highest BCUT2D eigenvalue weighted by atomic mass is 32.2. The Kier molecular flexibility index (Phi) is 5.26. The van der Waals surface area contributed by atoms with E-state index in [-0.39, 0.29) is 18.0 Å². The lowest BCUT2D eigenvalue weighted by molar-refractivity contribution is -0.120. The maximum Gasteiger partial charge on any atom is 0.241 e. The lowest BCUT2D eigenvalue weighted by Crippen LogP contribution is -2.42. The molecule has 18 heavy (non-hydrogen) atoms. The van der Waals surface area contributed by atoms with Gasteiger partial charge in [0.25, 0.3) is 0 Å². The van der Waals surface area contributed by atoms with Gasteiger partial charge in [0.05, 0.1) is 18.0 Å². The Hall–Kier alpha value is -1.44. The van der Waals surface area contributed by atoms with E-state index in [9.17, 15) is 13.2 Å². The highest BCUT2D eigenvalue weighted by Crippen LogP contribution is 2.06. The van der Waals surface area contributed by atoms with Gasteiger partial charge in [-0.3, -0.25) is 4.79 Å². The van der Waals surface area contributed by atoms with Crippen LogP contribution in [0.4, 0.5) is 0 Å². The summed E-state index contributed by atoms with van der Waals surface area (Å²) in [6.07, 6.45) is 0. The van der Waals surface area contributed by atoms with Crippen molar-refractivity contribution in [2.75, 3.05) is 13.2 Å². The Labute approximate surface area is 106 Å². The topological polar surface area (TPSA) is 95.5 Å².